The molecule has 5 heteroatoms. The van der Waals surface area contributed by atoms with Gasteiger partial charge in [0.1, 0.15) is 5.82 Å². The second kappa shape index (κ2) is 5.77. The van der Waals surface area contributed by atoms with Crippen LogP contribution in [0.5, 0.6) is 0 Å². The highest BCUT2D eigenvalue weighted by Crippen LogP contribution is 2.29. The zero-order valence-electron chi connectivity index (χ0n) is 10.8. The Kier molecular flexibility index (Phi) is 4.29. The summed E-state index contributed by atoms with van der Waals surface area (Å²) in [4.78, 5) is 4.41. The van der Waals surface area contributed by atoms with E-state index in [9.17, 15) is 9.50 Å². The van der Waals surface area contributed by atoms with Gasteiger partial charge in [0.2, 0.25) is 0 Å². The SMILES string of the molecule is Cc1csc(CC(CN)(CO)c2ccc(F)cc2)n1. The van der Waals surface area contributed by atoms with Crippen LogP contribution in [0, 0.1) is 12.7 Å². The summed E-state index contributed by atoms with van der Waals surface area (Å²) >= 11 is 1.55. The minimum Gasteiger partial charge on any atom is -0.395 e. The summed E-state index contributed by atoms with van der Waals surface area (Å²) in [7, 11) is 0. The number of rotatable bonds is 5. The molecule has 1 heterocycles. The number of aliphatic hydroxyl groups is 1. The predicted octanol–water partition coefficient (Wildman–Crippen LogP) is 2.02. The molecule has 0 fully saturated rings. The van der Waals surface area contributed by atoms with Crippen LogP contribution in [0.1, 0.15) is 16.3 Å². The molecule has 0 bridgehead atoms. The standard InChI is InChI=1S/C14H17FN2OS/c1-10-7-19-13(17-10)6-14(8-16,9-18)11-2-4-12(15)5-3-11/h2-5,7,18H,6,8-9,16H2,1H3. The van der Waals surface area contributed by atoms with Gasteiger partial charge in [-0.05, 0) is 24.6 Å². The summed E-state index contributed by atoms with van der Waals surface area (Å²) in [5.41, 5.74) is 7.07. The van der Waals surface area contributed by atoms with E-state index >= 15 is 0 Å². The third-order valence-electron chi connectivity index (χ3n) is 3.31. The van der Waals surface area contributed by atoms with Crippen LogP contribution in [0.15, 0.2) is 29.6 Å². The molecule has 3 nitrogen and oxygen atoms in total. The van der Waals surface area contributed by atoms with Crippen LogP contribution in [0.2, 0.25) is 0 Å². The van der Waals surface area contributed by atoms with Gasteiger partial charge >= 0.3 is 0 Å². The number of hydrogen-bond acceptors (Lipinski definition) is 4. The fourth-order valence-electron chi connectivity index (χ4n) is 2.08. The van der Waals surface area contributed by atoms with Crippen molar-refractivity contribution in [3.05, 3.63) is 51.7 Å². The van der Waals surface area contributed by atoms with Gasteiger partial charge in [-0.15, -0.1) is 11.3 Å². The molecule has 19 heavy (non-hydrogen) atoms. The van der Waals surface area contributed by atoms with Gasteiger partial charge in [-0.3, -0.25) is 0 Å². The van der Waals surface area contributed by atoms with Gasteiger partial charge in [-0.2, -0.15) is 0 Å². The number of hydrogen-bond donors (Lipinski definition) is 2. The monoisotopic (exact) mass is 280 g/mol. The molecule has 0 radical (unpaired) electrons. The third-order valence-corrected chi connectivity index (χ3v) is 4.27. The molecule has 1 atom stereocenters. The Morgan fingerprint density at radius 3 is 2.53 bits per heavy atom. The van der Waals surface area contributed by atoms with Crippen LogP contribution in [0.25, 0.3) is 0 Å². The second-order valence-corrected chi connectivity index (χ2v) is 5.65. The van der Waals surface area contributed by atoms with Gasteiger partial charge in [-0.1, -0.05) is 12.1 Å². The minimum absolute atomic E-state index is 0.0895. The van der Waals surface area contributed by atoms with Crippen molar-refractivity contribution >= 4 is 11.3 Å². The molecule has 0 spiro atoms. The van der Waals surface area contributed by atoms with Crippen molar-refractivity contribution in [1.82, 2.24) is 4.98 Å². The van der Waals surface area contributed by atoms with Crippen molar-refractivity contribution in [3.63, 3.8) is 0 Å². The molecular weight excluding hydrogens is 263 g/mol. The van der Waals surface area contributed by atoms with E-state index in [1.165, 1.54) is 12.1 Å². The first-order chi connectivity index (χ1) is 9.09. The molecule has 2 rings (SSSR count). The highest BCUT2D eigenvalue weighted by atomic mass is 32.1. The maximum absolute atomic E-state index is 13.0. The maximum Gasteiger partial charge on any atom is 0.123 e. The van der Waals surface area contributed by atoms with E-state index in [0.717, 1.165) is 16.3 Å². The largest absolute Gasteiger partial charge is 0.395 e. The Labute approximate surface area is 115 Å². The molecule has 102 valence electrons. The van der Waals surface area contributed by atoms with E-state index in [-0.39, 0.29) is 19.0 Å². The zero-order valence-corrected chi connectivity index (χ0v) is 11.6. The summed E-state index contributed by atoms with van der Waals surface area (Å²) in [6.07, 6.45) is 0.560. The van der Waals surface area contributed by atoms with Gasteiger partial charge in [0.25, 0.3) is 0 Å². The summed E-state index contributed by atoms with van der Waals surface area (Å²) in [5.74, 6) is -0.294. The number of nitrogens with zero attached hydrogens (tertiary/aromatic N) is 1. The van der Waals surface area contributed by atoms with Crippen molar-refractivity contribution in [2.75, 3.05) is 13.2 Å². The van der Waals surface area contributed by atoms with E-state index < -0.39 is 5.41 Å². The van der Waals surface area contributed by atoms with Crippen LogP contribution in [0.3, 0.4) is 0 Å². The lowest BCUT2D eigenvalue weighted by Crippen LogP contribution is -2.41. The molecule has 0 saturated carbocycles. The Morgan fingerprint density at radius 2 is 2.05 bits per heavy atom. The first kappa shape index (κ1) is 14.1. The van der Waals surface area contributed by atoms with Gasteiger partial charge in [0, 0.05) is 29.5 Å². The average molecular weight is 280 g/mol. The van der Waals surface area contributed by atoms with Crippen molar-refractivity contribution in [3.8, 4) is 0 Å². The molecular formula is C14H17FN2OS. The van der Waals surface area contributed by atoms with E-state index in [1.807, 2.05) is 12.3 Å². The average Bonchev–Trinajstić information content (AvgIpc) is 2.82. The molecule has 0 amide bonds. The lowest BCUT2D eigenvalue weighted by Gasteiger charge is -2.30. The fourth-order valence-corrected chi connectivity index (χ4v) is 3.00. The smallest absolute Gasteiger partial charge is 0.123 e. The lowest BCUT2D eigenvalue weighted by atomic mass is 9.78. The predicted molar refractivity (Wildman–Crippen MR) is 74.8 cm³/mol. The van der Waals surface area contributed by atoms with E-state index in [0.29, 0.717) is 6.42 Å². The molecule has 3 N–H and O–H groups in total. The number of aliphatic hydroxyl groups excluding tert-OH is 1. The van der Waals surface area contributed by atoms with Gasteiger partial charge in [0.05, 0.1) is 11.6 Å². The number of aryl methyl sites for hydroxylation is 1. The summed E-state index contributed by atoms with van der Waals surface area (Å²) in [5, 5.41) is 12.7. The van der Waals surface area contributed by atoms with Crippen LogP contribution in [0.4, 0.5) is 4.39 Å². The van der Waals surface area contributed by atoms with Crippen LogP contribution < -0.4 is 5.73 Å². The molecule has 0 aliphatic heterocycles. The quantitative estimate of drug-likeness (QED) is 0.881. The minimum atomic E-state index is -0.599. The van der Waals surface area contributed by atoms with E-state index in [1.54, 1.807) is 23.5 Å². The highest BCUT2D eigenvalue weighted by Gasteiger charge is 2.31. The van der Waals surface area contributed by atoms with Crippen molar-refractivity contribution in [1.29, 1.82) is 0 Å². The summed E-state index contributed by atoms with van der Waals surface area (Å²) in [6, 6.07) is 6.14. The Morgan fingerprint density at radius 1 is 1.37 bits per heavy atom. The highest BCUT2D eigenvalue weighted by molar-refractivity contribution is 7.09. The van der Waals surface area contributed by atoms with Crippen LogP contribution >= 0.6 is 11.3 Å². The Bertz CT molecular complexity index is 535. The maximum atomic E-state index is 13.0. The zero-order chi connectivity index (χ0) is 13.9. The Hall–Kier alpha value is -1.30. The normalized spacial score (nSPS) is 14.3. The Balaban J connectivity index is 2.33. The van der Waals surface area contributed by atoms with Crippen molar-refractivity contribution < 1.29 is 9.50 Å². The first-order valence-electron chi connectivity index (χ1n) is 6.07. The number of thiazole rings is 1. The summed E-state index contributed by atoms with van der Waals surface area (Å²) in [6.45, 7) is 2.13. The van der Waals surface area contributed by atoms with Crippen molar-refractivity contribution in [2.45, 2.75) is 18.8 Å². The van der Waals surface area contributed by atoms with Gasteiger partial charge < -0.3 is 10.8 Å². The van der Waals surface area contributed by atoms with Crippen molar-refractivity contribution in [2.24, 2.45) is 5.73 Å². The summed E-state index contributed by atoms with van der Waals surface area (Å²) < 4.78 is 13.0. The van der Waals surface area contributed by atoms with Crippen LogP contribution in [-0.4, -0.2) is 23.2 Å². The second-order valence-electron chi connectivity index (χ2n) is 4.71. The van der Waals surface area contributed by atoms with E-state index in [4.69, 9.17) is 5.73 Å². The molecule has 0 saturated heterocycles. The number of benzene rings is 1. The van der Waals surface area contributed by atoms with Gasteiger partial charge in [0.15, 0.2) is 0 Å². The molecule has 1 aromatic carbocycles. The third kappa shape index (κ3) is 3.00. The van der Waals surface area contributed by atoms with Crippen LogP contribution in [-0.2, 0) is 11.8 Å². The topological polar surface area (TPSA) is 59.1 Å². The fraction of sp³-hybridized carbons (Fsp3) is 0.357. The number of nitrogens with two attached hydrogens (primary N) is 1. The number of aromatic nitrogens is 1. The molecule has 2 aromatic rings. The first-order valence-corrected chi connectivity index (χ1v) is 6.95. The van der Waals surface area contributed by atoms with E-state index in [2.05, 4.69) is 4.98 Å². The number of halogens is 1. The molecule has 1 aromatic heterocycles. The lowest BCUT2D eigenvalue weighted by molar-refractivity contribution is 0.196. The van der Waals surface area contributed by atoms with Gasteiger partial charge in [-0.25, -0.2) is 9.37 Å². The molecule has 1 unspecified atom stereocenters. The molecule has 0 aliphatic rings. The molecule has 0 aliphatic carbocycles.